The lowest BCUT2D eigenvalue weighted by atomic mass is 10.1. The van der Waals surface area contributed by atoms with Gasteiger partial charge in [0.2, 0.25) is 11.8 Å². The Morgan fingerprint density at radius 3 is 2.61 bits per heavy atom. The molecule has 1 atom stereocenters. The van der Waals surface area contributed by atoms with E-state index in [1.54, 1.807) is 35.7 Å². The summed E-state index contributed by atoms with van der Waals surface area (Å²) in [6.07, 6.45) is 7.27. The predicted octanol–water partition coefficient (Wildman–Crippen LogP) is 5.66. The molecule has 2 aliphatic rings. The number of halogens is 1. The van der Waals surface area contributed by atoms with Crippen LogP contribution in [-0.4, -0.2) is 27.7 Å². The van der Waals surface area contributed by atoms with E-state index in [1.807, 2.05) is 11.0 Å². The van der Waals surface area contributed by atoms with Crippen molar-refractivity contribution in [1.29, 1.82) is 0 Å². The molecule has 1 aromatic heterocycles. The Bertz CT molecular complexity index is 1230. The maximum Gasteiger partial charge on any atom is 0.247 e. The minimum atomic E-state index is -0.493. The van der Waals surface area contributed by atoms with Gasteiger partial charge in [-0.25, -0.2) is 9.37 Å². The number of carbonyl (C=O) groups excluding carboxylic acids is 2. The van der Waals surface area contributed by atoms with Crippen molar-refractivity contribution in [2.75, 3.05) is 4.90 Å². The third kappa shape index (κ3) is 4.33. The zero-order valence-electron chi connectivity index (χ0n) is 18.3. The van der Waals surface area contributed by atoms with Crippen molar-refractivity contribution in [1.82, 2.24) is 9.88 Å². The smallest absolute Gasteiger partial charge is 0.247 e. The van der Waals surface area contributed by atoms with Crippen LogP contribution < -0.4 is 4.90 Å². The Labute approximate surface area is 196 Å². The molecule has 2 aromatic carbocycles. The Balaban J connectivity index is 1.36. The van der Waals surface area contributed by atoms with Crippen molar-refractivity contribution in [3.8, 4) is 0 Å². The van der Waals surface area contributed by atoms with E-state index in [1.165, 1.54) is 40.4 Å². The minimum absolute atomic E-state index is 0.0220. The first kappa shape index (κ1) is 21.5. The van der Waals surface area contributed by atoms with E-state index in [9.17, 15) is 14.0 Å². The SMILES string of the molecule is CC(=O)N(c1nc(/C=C/C(=O)N(C2CC2)C2CCc3ccccc32)cs1)c1ccccc1F. The topological polar surface area (TPSA) is 53.5 Å². The molecule has 2 amide bonds. The van der Waals surface area contributed by atoms with E-state index in [0.717, 1.165) is 25.7 Å². The number of benzene rings is 2. The van der Waals surface area contributed by atoms with Gasteiger partial charge in [0.05, 0.1) is 17.4 Å². The van der Waals surface area contributed by atoms with Crippen molar-refractivity contribution < 1.29 is 14.0 Å². The fourth-order valence-corrected chi connectivity index (χ4v) is 5.35. The molecule has 0 radical (unpaired) electrons. The summed E-state index contributed by atoms with van der Waals surface area (Å²) in [6, 6.07) is 14.9. The summed E-state index contributed by atoms with van der Waals surface area (Å²) in [7, 11) is 0. The van der Waals surface area contributed by atoms with Crippen LogP contribution in [-0.2, 0) is 16.0 Å². The van der Waals surface area contributed by atoms with Gasteiger partial charge >= 0.3 is 0 Å². The van der Waals surface area contributed by atoms with Crippen LogP contribution in [0.25, 0.3) is 6.08 Å². The van der Waals surface area contributed by atoms with Crippen LogP contribution in [0.1, 0.15) is 49.0 Å². The van der Waals surface area contributed by atoms with Gasteiger partial charge in [0.1, 0.15) is 5.82 Å². The third-order valence-electron chi connectivity index (χ3n) is 6.14. The fourth-order valence-electron chi connectivity index (χ4n) is 4.50. The molecule has 5 rings (SSSR count). The van der Waals surface area contributed by atoms with Gasteiger partial charge in [0, 0.05) is 24.4 Å². The molecule has 1 fully saturated rings. The van der Waals surface area contributed by atoms with Crippen molar-refractivity contribution in [3.05, 3.63) is 82.6 Å². The van der Waals surface area contributed by atoms with Crippen LogP contribution in [0.4, 0.5) is 15.2 Å². The molecule has 2 aliphatic carbocycles. The number of anilines is 2. The number of aromatic nitrogens is 1. The number of thiazole rings is 1. The van der Waals surface area contributed by atoms with Gasteiger partial charge in [-0.05, 0) is 55.0 Å². The highest BCUT2D eigenvalue weighted by Gasteiger charge is 2.39. The lowest BCUT2D eigenvalue weighted by Gasteiger charge is -2.29. The lowest BCUT2D eigenvalue weighted by molar-refractivity contribution is -0.129. The van der Waals surface area contributed by atoms with Crippen LogP contribution in [0, 0.1) is 5.82 Å². The molecule has 1 saturated carbocycles. The second-order valence-corrected chi connectivity index (χ2v) is 9.26. The molecule has 0 N–H and O–H groups in total. The predicted molar refractivity (Wildman–Crippen MR) is 128 cm³/mol. The largest absolute Gasteiger partial charge is 0.329 e. The highest BCUT2D eigenvalue weighted by molar-refractivity contribution is 7.14. The van der Waals surface area contributed by atoms with Crippen LogP contribution in [0.3, 0.4) is 0 Å². The summed E-state index contributed by atoms with van der Waals surface area (Å²) in [6.45, 7) is 1.37. The number of amides is 2. The maximum absolute atomic E-state index is 14.3. The molecule has 5 nitrogen and oxygen atoms in total. The third-order valence-corrected chi connectivity index (χ3v) is 6.98. The standard InChI is InChI=1S/C26H24FN3O2S/c1-17(31)29(24-9-5-4-8-22(24)27)26-28-19(16-33-26)11-15-25(32)30(20-12-13-20)23-14-10-18-6-2-3-7-21(18)23/h2-9,11,15-16,20,23H,10,12-14H2,1H3/b15-11+. The van der Waals surface area contributed by atoms with Gasteiger partial charge in [0.15, 0.2) is 5.13 Å². The van der Waals surface area contributed by atoms with E-state index in [4.69, 9.17) is 0 Å². The first-order chi connectivity index (χ1) is 16.0. The Morgan fingerprint density at radius 1 is 1.09 bits per heavy atom. The molecule has 7 heteroatoms. The maximum atomic E-state index is 14.3. The van der Waals surface area contributed by atoms with Crippen molar-refractivity contribution >= 4 is 40.0 Å². The van der Waals surface area contributed by atoms with Crippen molar-refractivity contribution in [3.63, 3.8) is 0 Å². The number of fused-ring (bicyclic) bond motifs is 1. The molecule has 1 heterocycles. The number of aryl methyl sites for hydroxylation is 1. The number of rotatable bonds is 6. The Morgan fingerprint density at radius 2 is 1.85 bits per heavy atom. The zero-order chi connectivity index (χ0) is 22.9. The molecule has 0 bridgehead atoms. The summed E-state index contributed by atoms with van der Waals surface area (Å²) in [5, 5.41) is 2.13. The average molecular weight is 462 g/mol. The molecular weight excluding hydrogens is 437 g/mol. The highest BCUT2D eigenvalue weighted by atomic mass is 32.1. The molecule has 0 aliphatic heterocycles. The molecule has 0 spiro atoms. The van der Waals surface area contributed by atoms with E-state index in [2.05, 4.69) is 23.2 Å². The molecular formula is C26H24FN3O2S. The van der Waals surface area contributed by atoms with Gasteiger partial charge in [-0.2, -0.15) is 0 Å². The summed E-state index contributed by atoms with van der Waals surface area (Å²) in [5.41, 5.74) is 3.30. The lowest BCUT2D eigenvalue weighted by Crippen LogP contribution is -2.34. The van der Waals surface area contributed by atoms with E-state index in [0.29, 0.717) is 16.9 Å². The van der Waals surface area contributed by atoms with Crippen molar-refractivity contribution in [2.24, 2.45) is 0 Å². The first-order valence-corrected chi connectivity index (χ1v) is 12.0. The van der Waals surface area contributed by atoms with Crippen LogP contribution in [0.5, 0.6) is 0 Å². The summed E-state index contributed by atoms with van der Waals surface area (Å²) >= 11 is 1.24. The summed E-state index contributed by atoms with van der Waals surface area (Å²) < 4.78 is 14.3. The Hall–Kier alpha value is -3.32. The van der Waals surface area contributed by atoms with Gasteiger partial charge in [-0.15, -0.1) is 11.3 Å². The van der Waals surface area contributed by atoms with E-state index in [-0.39, 0.29) is 23.5 Å². The van der Waals surface area contributed by atoms with Gasteiger partial charge in [0.25, 0.3) is 0 Å². The highest BCUT2D eigenvalue weighted by Crippen LogP contribution is 2.42. The number of carbonyl (C=O) groups is 2. The number of nitrogens with zero attached hydrogens (tertiary/aromatic N) is 3. The summed E-state index contributed by atoms with van der Waals surface area (Å²) in [4.78, 5) is 33.2. The fraction of sp³-hybridized carbons (Fsp3) is 0.269. The molecule has 3 aromatic rings. The second kappa shape index (κ2) is 8.90. The van der Waals surface area contributed by atoms with Crippen LogP contribution >= 0.6 is 11.3 Å². The minimum Gasteiger partial charge on any atom is -0.329 e. The average Bonchev–Trinajstić information content (AvgIpc) is 3.38. The number of hydrogen-bond donors (Lipinski definition) is 0. The molecule has 168 valence electrons. The molecule has 33 heavy (non-hydrogen) atoms. The monoisotopic (exact) mass is 461 g/mol. The normalized spacial score (nSPS) is 17.2. The number of para-hydroxylation sites is 1. The van der Waals surface area contributed by atoms with Gasteiger partial charge in [-0.1, -0.05) is 36.4 Å². The zero-order valence-corrected chi connectivity index (χ0v) is 19.1. The quantitative estimate of drug-likeness (QED) is 0.445. The first-order valence-electron chi connectivity index (χ1n) is 11.1. The molecule has 1 unspecified atom stereocenters. The molecule has 0 saturated heterocycles. The Kier molecular flexibility index (Phi) is 5.81. The van der Waals surface area contributed by atoms with Gasteiger partial charge < -0.3 is 4.90 Å². The van der Waals surface area contributed by atoms with Crippen LogP contribution in [0.15, 0.2) is 60.0 Å². The summed E-state index contributed by atoms with van der Waals surface area (Å²) in [5.74, 6) is -0.848. The number of hydrogen-bond acceptors (Lipinski definition) is 4. The van der Waals surface area contributed by atoms with Crippen molar-refractivity contribution in [2.45, 2.75) is 44.7 Å². The van der Waals surface area contributed by atoms with E-state index < -0.39 is 5.82 Å². The second-order valence-electron chi connectivity index (χ2n) is 8.42. The van der Waals surface area contributed by atoms with Gasteiger partial charge in [-0.3, -0.25) is 14.5 Å². The van der Waals surface area contributed by atoms with E-state index >= 15 is 0 Å². The van der Waals surface area contributed by atoms with Crippen LogP contribution in [0.2, 0.25) is 0 Å².